The number of phenols is 1. The zero-order valence-electron chi connectivity index (χ0n) is 19.2. The maximum absolute atomic E-state index is 13.7. The van der Waals surface area contributed by atoms with Crippen molar-refractivity contribution >= 4 is 34.8 Å². The zero-order valence-corrected chi connectivity index (χ0v) is 19.2. The van der Waals surface area contributed by atoms with E-state index >= 15 is 0 Å². The minimum atomic E-state index is -2.74. The average molecular weight is 484 g/mol. The topological polar surface area (TPSA) is 196 Å². The third-order valence-corrected chi connectivity index (χ3v) is 7.17. The first-order chi connectivity index (χ1) is 16.2. The Bertz CT molecular complexity index is 1310. The summed E-state index contributed by atoms with van der Waals surface area (Å²) in [7, 11) is 2.99. The molecule has 6 N–H and O–H groups in total. The second-order valence-corrected chi connectivity index (χ2v) is 9.33. The molecular formula is C24H24N2O9. The van der Waals surface area contributed by atoms with E-state index < -0.39 is 75.4 Å². The average Bonchev–Trinajstić information content (AvgIpc) is 2.75. The van der Waals surface area contributed by atoms with Gasteiger partial charge in [-0.05, 0) is 50.6 Å². The molecule has 4 rings (SSSR count). The highest BCUT2D eigenvalue weighted by Gasteiger charge is 2.64. The van der Waals surface area contributed by atoms with Crippen molar-refractivity contribution in [1.29, 1.82) is 0 Å². The van der Waals surface area contributed by atoms with E-state index in [1.807, 2.05) is 0 Å². The van der Waals surface area contributed by atoms with Crippen LogP contribution in [0.15, 0.2) is 29.0 Å². The maximum atomic E-state index is 13.7. The van der Waals surface area contributed by atoms with Gasteiger partial charge in [0.15, 0.2) is 17.2 Å². The standard InChI is InChI=1S/C24H24N2O9/c1-8(27)18(29)10-4-5-13(28)15-11(10)6-9-7-12-17(26(2)3)20(31)16(23(25)34)22(33)24(12,35)21(32)14(9)19(15)30/h4-5,9,12,17,28,30,33,35H,6-7H2,1-3H3,(H2,25,34)/t9-,12-,17?,24-/m1/s1. The molecule has 11 heteroatoms. The molecule has 0 aliphatic heterocycles. The molecule has 4 atom stereocenters. The van der Waals surface area contributed by atoms with Crippen molar-refractivity contribution in [3.63, 3.8) is 0 Å². The van der Waals surface area contributed by atoms with E-state index in [0.29, 0.717) is 0 Å². The molecule has 0 radical (unpaired) electrons. The van der Waals surface area contributed by atoms with E-state index in [-0.39, 0.29) is 35.1 Å². The molecule has 1 aromatic rings. The normalized spacial score (nSPS) is 28.0. The fourth-order valence-corrected chi connectivity index (χ4v) is 5.65. The summed E-state index contributed by atoms with van der Waals surface area (Å²) >= 11 is 0. The Balaban J connectivity index is 1.99. The zero-order chi connectivity index (χ0) is 26.1. The Morgan fingerprint density at radius 3 is 2.29 bits per heavy atom. The summed E-state index contributed by atoms with van der Waals surface area (Å²) < 4.78 is 0. The summed E-state index contributed by atoms with van der Waals surface area (Å²) in [6, 6.07) is 1.13. The fraction of sp³-hybridized carbons (Fsp3) is 0.375. The van der Waals surface area contributed by atoms with Crippen LogP contribution in [0.2, 0.25) is 0 Å². The van der Waals surface area contributed by atoms with Crippen LogP contribution >= 0.6 is 0 Å². The van der Waals surface area contributed by atoms with Crippen molar-refractivity contribution in [2.24, 2.45) is 17.6 Å². The number of ketones is 4. The molecule has 0 saturated heterocycles. The van der Waals surface area contributed by atoms with Crippen LogP contribution in [0.3, 0.4) is 0 Å². The number of hydrogen-bond donors (Lipinski definition) is 5. The predicted octanol–water partition coefficient (Wildman–Crippen LogP) is -0.264. The van der Waals surface area contributed by atoms with Crippen LogP contribution in [0.4, 0.5) is 0 Å². The first kappa shape index (κ1) is 24.3. The predicted molar refractivity (Wildman–Crippen MR) is 119 cm³/mol. The third-order valence-electron chi connectivity index (χ3n) is 7.17. The summed E-state index contributed by atoms with van der Waals surface area (Å²) in [5, 5.41) is 43.8. The number of carbonyl (C=O) groups excluding carboxylic acids is 5. The number of likely N-dealkylation sites (N-methyl/N-ethyl adjacent to an activating group) is 1. The van der Waals surface area contributed by atoms with Gasteiger partial charge in [-0.2, -0.15) is 0 Å². The van der Waals surface area contributed by atoms with Gasteiger partial charge in [0.25, 0.3) is 5.91 Å². The molecule has 0 bridgehead atoms. The van der Waals surface area contributed by atoms with Gasteiger partial charge in [-0.3, -0.25) is 28.9 Å². The lowest BCUT2D eigenvalue weighted by Crippen LogP contribution is -2.65. The van der Waals surface area contributed by atoms with Crippen LogP contribution in [0, 0.1) is 11.8 Å². The van der Waals surface area contributed by atoms with Crippen LogP contribution in [0.5, 0.6) is 5.75 Å². The van der Waals surface area contributed by atoms with Gasteiger partial charge >= 0.3 is 0 Å². The number of aliphatic hydroxyl groups excluding tert-OH is 2. The number of benzene rings is 1. The Labute approximate surface area is 199 Å². The van der Waals surface area contributed by atoms with Crippen molar-refractivity contribution in [2.75, 3.05) is 14.1 Å². The molecule has 184 valence electrons. The molecule has 1 aromatic carbocycles. The fourth-order valence-electron chi connectivity index (χ4n) is 5.65. The summed E-state index contributed by atoms with van der Waals surface area (Å²) in [6.07, 6.45) is -0.188. The Hall–Kier alpha value is -3.83. The monoisotopic (exact) mass is 484 g/mol. The van der Waals surface area contributed by atoms with Gasteiger partial charge in [0, 0.05) is 24.0 Å². The number of amides is 1. The van der Waals surface area contributed by atoms with Crippen LogP contribution in [0.1, 0.15) is 34.8 Å². The lowest BCUT2D eigenvalue weighted by atomic mass is 9.57. The van der Waals surface area contributed by atoms with Gasteiger partial charge in [-0.1, -0.05) is 0 Å². The first-order valence-electron chi connectivity index (χ1n) is 10.8. The van der Waals surface area contributed by atoms with E-state index in [0.717, 1.165) is 13.0 Å². The highest BCUT2D eigenvalue weighted by atomic mass is 16.3. The molecule has 0 spiro atoms. The lowest BCUT2D eigenvalue weighted by molar-refractivity contribution is -0.153. The number of phenolic OH excluding ortho intramolecular Hbond substituents is 1. The van der Waals surface area contributed by atoms with Gasteiger partial charge < -0.3 is 26.2 Å². The van der Waals surface area contributed by atoms with Gasteiger partial charge in [0.2, 0.25) is 11.6 Å². The van der Waals surface area contributed by atoms with Gasteiger partial charge in [0.1, 0.15) is 22.8 Å². The molecule has 35 heavy (non-hydrogen) atoms. The van der Waals surface area contributed by atoms with Crippen LogP contribution in [-0.4, -0.2) is 80.1 Å². The largest absolute Gasteiger partial charge is 0.508 e. The Morgan fingerprint density at radius 1 is 1.11 bits per heavy atom. The van der Waals surface area contributed by atoms with Gasteiger partial charge in [-0.25, -0.2) is 0 Å². The lowest BCUT2D eigenvalue weighted by Gasteiger charge is -2.50. The minimum Gasteiger partial charge on any atom is -0.508 e. The van der Waals surface area contributed by atoms with Gasteiger partial charge in [0.05, 0.1) is 11.6 Å². The maximum Gasteiger partial charge on any atom is 0.255 e. The number of aromatic hydroxyl groups is 1. The van der Waals surface area contributed by atoms with Crippen LogP contribution in [0.25, 0.3) is 5.76 Å². The highest BCUT2D eigenvalue weighted by Crippen LogP contribution is 2.52. The highest BCUT2D eigenvalue weighted by molar-refractivity contribution is 6.43. The van der Waals surface area contributed by atoms with E-state index in [9.17, 15) is 44.4 Å². The first-order valence-corrected chi connectivity index (χ1v) is 10.8. The van der Waals surface area contributed by atoms with Crippen LogP contribution in [-0.2, 0) is 25.6 Å². The minimum absolute atomic E-state index is 0.0492. The number of fused-ring (bicyclic) bond motifs is 3. The van der Waals surface area contributed by atoms with E-state index in [1.165, 1.54) is 25.1 Å². The second-order valence-electron chi connectivity index (χ2n) is 9.33. The molecule has 3 aliphatic carbocycles. The smallest absolute Gasteiger partial charge is 0.255 e. The number of aliphatic hydroxyl groups is 3. The van der Waals surface area contributed by atoms with E-state index in [4.69, 9.17) is 5.73 Å². The van der Waals surface area contributed by atoms with Crippen molar-refractivity contribution < 1.29 is 44.4 Å². The van der Waals surface area contributed by atoms with E-state index in [2.05, 4.69) is 0 Å². The SMILES string of the molecule is CC(=O)C(=O)c1ccc(O)c2c1C[C@@H]1C[C@@H]3C(N(C)C)C(=O)C(C(N)=O)=C(O)[C@]3(O)C(=O)C1=C2O. The van der Waals surface area contributed by atoms with Crippen molar-refractivity contribution in [2.45, 2.75) is 31.4 Å². The number of nitrogens with zero attached hydrogens (tertiary/aromatic N) is 1. The van der Waals surface area contributed by atoms with E-state index in [1.54, 1.807) is 0 Å². The summed E-state index contributed by atoms with van der Waals surface area (Å²) in [4.78, 5) is 64.3. The molecule has 1 amide bonds. The second kappa shape index (κ2) is 7.85. The number of primary amides is 1. The quantitative estimate of drug-likeness (QED) is 0.216. The van der Waals surface area contributed by atoms with Crippen molar-refractivity contribution in [3.8, 4) is 5.75 Å². The summed E-state index contributed by atoms with van der Waals surface area (Å²) in [6.45, 7) is 1.08. The number of nitrogens with two attached hydrogens (primary N) is 1. The molecule has 0 aromatic heterocycles. The van der Waals surface area contributed by atoms with Crippen molar-refractivity contribution in [1.82, 2.24) is 4.90 Å². The van der Waals surface area contributed by atoms with Gasteiger partial charge in [-0.15, -0.1) is 0 Å². The third kappa shape index (κ3) is 3.15. The molecule has 11 nitrogen and oxygen atoms in total. The molecule has 0 heterocycles. The van der Waals surface area contributed by atoms with Crippen LogP contribution < -0.4 is 5.73 Å². The molecule has 1 fully saturated rings. The summed E-state index contributed by atoms with van der Waals surface area (Å²) in [5.74, 6) is -9.38. The molecule has 3 aliphatic rings. The molecule has 1 saturated carbocycles. The Kier molecular flexibility index (Phi) is 5.45. The number of Topliss-reactive ketones (excluding diaryl/α,β-unsaturated/α-hetero) is 4. The Morgan fingerprint density at radius 2 is 1.74 bits per heavy atom. The summed E-state index contributed by atoms with van der Waals surface area (Å²) in [5.41, 5.74) is 1.16. The number of rotatable bonds is 4. The number of hydrogen-bond acceptors (Lipinski definition) is 10. The number of carbonyl (C=O) groups is 5. The molecular weight excluding hydrogens is 460 g/mol. The van der Waals surface area contributed by atoms with Crippen molar-refractivity contribution in [3.05, 3.63) is 45.7 Å². The molecule has 1 unspecified atom stereocenters.